The van der Waals surface area contributed by atoms with Gasteiger partial charge in [0.2, 0.25) is 5.95 Å². The molecular formula is C15H16N8O3. The molecule has 11 heteroatoms. The van der Waals surface area contributed by atoms with Gasteiger partial charge in [0.15, 0.2) is 11.6 Å². The topological polar surface area (TPSA) is 155 Å². The monoisotopic (exact) mass is 356 g/mol. The van der Waals surface area contributed by atoms with Crippen molar-refractivity contribution in [2.24, 2.45) is 5.73 Å². The number of fused-ring (bicyclic) bond motifs is 1. The van der Waals surface area contributed by atoms with Crippen LogP contribution in [0.2, 0.25) is 0 Å². The third-order valence-corrected chi connectivity index (χ3v) is 4.26. The lowest BCUT2D eigenvalue weighted by molar-refractivity contribution is -0.138. The van der Waals surface area contributed by atoms with Crippen molar-refractivity contribution in [3.63, 3.8) is 0 Å². The number of aliphatic carboxylic acids is 1. The molecule has 1 aliphatic rings. The van der Waals surface area contributed by atoms with Gasteiger partial charge in [0.25, 0.3) is 5.91 Å². The Labute approximate surface area is 146 Å². The van der Waals surface area contributed by atoms with E-state index < -0.39 is 17.9 Å². The fourth-order valence-electron chi connectivity index (χ4n) is 3.03. The molecular weight excluding hydrogens is 340 g/mol. The van der Waals surface area contributed by atoms with Gasteiger partial charge in [-0.05, 0) is 25.0 Å². The first-order valence-corrected chi connectivity index (χ1v) is 8.00. The quantitative estimate of drug-likeness (QED) is 0.510. The molecule has 3 aromatic heterocycles. The summed E-state index contributed by atoms with van der Waals surface area (Å²) >= 11 is 0. The van der Waals surface area contributed by atoms with Crippen molar-refractivity contribution in [2.45, 2.75) is 18.9 Å². The van der Waals surface area contributed by atoms with Gasteiger partial charge in [-0.3, -0.25) is 9.89 Å². The molecule has 4 heterocycles. The van der Waals surface area contributed by atoms with Crippen LogP contribution in [0.15, 0.2) is 24.4 Å². The van der Waals surface area contributed by atoms with Gasteiger partial charge in [-0.15, -0.1) is 5.10 Å². The highest BCUT2D eigenvalue weighted by atomic mass is 16.4. The summed E-state index contributed by atoms with van der Waals surface area (Å²) in [7, 11) is 0. The number of carbonyl (C=O) groups is 2. The molecule has 0 aromatic carbocycles. The van der Waals surface area contributed by atoms with E-state index in [-0.39, 0.29) is 5.69 Å². The number of hydrogen-bond donors (Lipinski definition) is 4. The van der Waals surface area contributed by atoms with Crippen LogP contribution in [0.4, 0.5) is 17.6 Å². The Balaban J connectivity index is 1.72. The van der Waals surface area contributed by atoms with Gasteiger partial charge in [-0.1, -0.05) is 0 Å². The second-order valence-electron chi connectivity index (χ2n) is 5.94. The van der Waals surface area contributed by atoms with Gasteiger partial charge < -0.3 is 21.1 Å². The van der Waals surface area contributed by atoms with Crippen molar-refractivity contribution in [2.75, 3.05) is 16.8 Å². The first-order chi connectivity index (χ1) is 12.5. The third-order valence-electron chi connectivity index (χ3n) is 4.26. The van der Waals surface area contributed by atoms with Crippen LogP contribution in [-0.4, -0.2) is 54.4 Å². The highest BCUT2D eigenvalue weighted by Crippen LogP contribution is 2.26. The second kappa shape index (κ2) is 6.02. The molecule has 4 rings (SSSR count). The molecule has 3 aromatic rings. The van der Waals surface area contributed by atoms with Gasteiger partial charge >= 0.3 is 5.97 Å². The maximum absolute atomic E-state index is 11.5. The lowest BCUT2D eigenvalue weighted by Crippen LogP contribution is -2.37. The number of carboxylic acid groups (broad SMARTS) is 1. The molecule has 1 saturated heterocycles. The van der Waals surface area contributed by atoms with Gasteiger partial charge in [0.05, 0.1) is 0 Å². The van der Waals surface area contributed by atoms with E-state index in [2.05, 4.69) is 25.6 Å². The number of amides is 1. The van der Waals surface area contributed by atoms with Crippen LogP contribution < -0.4 is 16.0 Å². The number of H-pyrrole nitrogens is 1. The highest BCUT2D eigenvalue weighted by Gasteiger charge is 2.33. The van der Waals surface area contributed by atoms with Gasteiger partial charge in [0, 0.05) is 18.8 Å². The van der Waals surface area contributed by atoms with Crippen LogP contribution >= 0.6 is 0 Å². The average Bonchev–Trinajstić information content (AvgIpc) is 3.34. The minimum absolute atomic E-state index is 0.165. The van der Waals surface area contributed by atoms with Crippen LogP contribution in [0.5, 0.6) is 0 Å². The predicted molar refractivity (Wildman–Crippen MR) is 91.4 cm³/mol. The van der Waals surface area contributed by atoms with Crippen LogP contribution in [0.3, 0.4) is 0 Å². The van der Waals surface area contributed by atoms with Crippen molar-refractivity contribution >= 4 is 35.0 Å². The smallest absolute Gasteiger partial charge is 0.326 e. The molecule has 0 radical (unpaired) electrons. The summed E-state index contributed by atoms with van der Waals surface area (Å²) in [5.41, 5.74) is 6.06. The van der Waals surface area contributed by atoms with Crippen LogP contribution in [0, 0.1) is 0 Å². The molecule has 5 N–H and O–H groups in total. The molecule has 1 fully saturated rings. The van der Waals surface area contributed by atoms with E-state index in [9.17, 15) is 14.7 Å². The van der Waals surface area contributed by atoms with E-state index in [4.69, 9.17) is 5.73 Å². The molecule has 0 aliphatic carbocycles. The van der Waals surface area contributed by atoms with E-state index >= 15 is 0 Å². The number of anilines is 3. The SMILES string of the molecule is NC(=O)c1cc(Nc2nc(N3CCCC3C(=O)O)nn3cccc23)n[nH]1. The minimum atomic E-state index is -0.897. The fourth-order valence-corrected chi connectivity index (χ4v) is 3.03. The lowest BCUT2D eigenvalue weighted by atomic mass is 10.2. The molecule has 1 amide bonds. The first-order valence-electron chi connectivity index (χ1n) is 8.00. The van der Waals surface area contributed by atoms with E-state index in [1.165, 1.54) is 6.07 Å². The van der Waals surface area contributed by atoms with Gasteiger partial charge in [-0.25, -0.2) is 9.31 Å². The predicted octanol–water partition coefficient (Wildman–Crippen LogP) is 0.348. The molecule has 134 valence electrons. The Morgan fingerprint density at radius 2 is 2.27 bits per heavy atom. The summed E-state index contributed by atoms with van der Waals surface area (Å²) < 4.78 is 1.61. The van der Waals surface area contributed by atoms with E-state index in [1.54, 1.807) is 21.7 Å². The maximum atomic E-state index is 11.5. The molecule has 11 nitrogen and oxygen atoms in total. The number of aromatic nitrogens is 5. The molecule has 1 unspecified atom stereocenters. The van der Waals surface area contributed by atoms with Crippen LogP contribution in [0.25, 0.3) is 5.52 Å². The largest absolute Gasteiger partial charge is 0.480 e. The normalized spacial score (nSPS) is 16.9. The average molecular weight is 356 g/mol. The van der Waals surface area contributed by atoms with Gasteiger partial charge in [0.1, 0.15) is 17.3 Å². The number of nitrogens with two attached hydrogens (primary N) is 1. The lowest BCUT2D eigenvalue weighted by Gasteiger charge is -2.21. The third kappa shape index (κ3) is 2.68. The zero-order valence-electron chi connectivity index (χ0n) is 13.6. The standard InChI is InChI=1S/C15H16N8O3/c16-12(24)8-7-11(20-19-8)17-13-9-3-2-6-23(9)21-15(18-13)22-5-1-4-10(22)14(25)26/h2-3,6-7,10H,1,4-5H2,(H2,16,24)(H,25,26)(H2,17,18,19,20,21). The van der Waals surface area contributed by atoms with Crippen molar-refractivity contribution in [3.05, 3.63) is 30.1 Å². The van der Waals surface area contributed by atoms with Crippen LogP contribution in [-0.2, 0) is 4.79 Å². The molecule has 1 aliphatic heterocycles. The summed E-state index contributed by atoms with van der Waals surface area (Å²) in [6.45, 7) is 0.567. The van der Waals surface area contributed by atoms with Crippen molar-refractivity contribution in [3.8, 4) is 0 Å². The van der Waals surface area contributed by atoms with E-state index in [0.29, 0.717) is 36.1 Å². The van der Waals surface area contributed by atoms with Crippen molar-refractivity contribution in [1.29, 1.82) is 0 Å². The number of aromatic amines is 1. The van der Waals surface area contributed by atoms with Crippen molar-refractivity contribution in [1.82, 2.24) is 24.8 Å². The zero-order valence-corrected chi connectivity index (χ0v) is 13.6. The number of primary amides is 1. The molecule has 0 saturated carbocycles. The Morgan fingerprint density at radius 3 is 3.00 bits per heavy atom. The highest BCUT2D eigenvalue weighted by molar-refractivity contribution is 5.91. The number of carboxylic acids is 1. The first kappa shape index (κ1) is 15.9. The summed E-state index contributed by atoms with van der Waals surface area (Å²) in [6.07, 6.45) is 3.05. The van der Waals surface area contributed by atoms with E-state index in [1.807, 2.05) is 6.07 Å². The molecule has 26 heavy (non-hydrogen) atoms. The number of hydrogen-bond acceptors (Lipinski definition) is 7. The Hall–Kier alpha value is -3.63. The Kier molecular flexibility index (Phi) is 3.68. The summed E-state index contributed by atoms with van der Waals surface area (Å²) in [5.74, 6) is -0.400. The number of nitrogens with one attached hydrogen (secondary N) is 2. The van der Waals surface area contributed by atoms with E-state index in [0.717, 1.165) is 6.42 Å². The minimum Gasteiger partial charge on any atom is -0.480 e. The Bertz CT molecular complexity index is 994. The molecule has 0 bridgehead atoms. The van der Waals surface area contributed by atoms with Crippen LogP contribution in [0.1, 0.15) is 23.3 Å². The summed E-state index contributed by atoms with van der Waals surface area (Å²) in [5, 5.41) is 23.3. The fraction of sp³-hybridized carbons (Fsp3) is 0.267. The zero-order chi connectivity index (χ0) is 18.3. The number of nitrogens with zero attached hydrogens (tertiary/aromatic N) is 5. The van der Waals surface area contributed by atoms with Crippen molar-refractivity contribution < 1.29 is 14.7 Å². The maximum Gasteiger partial charge on any atom is 0.326 e. The second-order valence-corrected chi connectivity index (χ2v) is 5.94. The summed E-state index contributed by atoms with van der Waals surface area (Å²) in [4.78, 5) is 28.8. The Morgan fingerprint density at radius 1 is 1.42 bits per heavy atom. The number of rotatable bonds is 5. The van der Waals surface area contributed by atoms with Gasteiger partial charge in [-0.2, -0.15) is 10.1 Å². The number of carbonyl (C=O) groups excluding carboxylic acids is 1. The molecule has 1 atom stereocenters. The molecule has 0 spiro atoms. The summed E-state index contributed by atoms with van der Waals surface area (Å²) in [6, 6.07) is 4.44.